The number of likely N-dealkylation sites (N-methyl/N-ethyl adjacent to an activating group) is 2. The van der Waals surface area contributed by atoms with Crippen LogP contribution in [0.2, 0.25) is 0 Å². The number of hydrogen-bond donors (Lipinski definition) is 0. The minimum atomic E-state index is -0.369. The molecular weight excluding hydrogens is 368 g/mol. The zero-order chi connectivity index (χ0) is 19.6. The Morgan fingerprint density at radius 3 is 2.19 bits per heavy atom. The van der Waals surface area contributed by atoms with E-state index in [4.69, 9.17) is 16.6 Å². The van der Waals surface area contributed by atoms with Gasteiger partial charge in [-0.3, -0.25) is 24.2 Å². The maximum absolute atomic E-state index is 12.7. The van der Waals surface area contributed by atoms with Gasteiger partial charge >= 0.3 is 0 Å². The van der Waals surface area contributed by atoms with Crippen LogP contribution in [0.4, 0.5) is 0 Å². The summed E-state index contributed by atoms with van der Waals surface area (Å²) in [4.78, 5) is 44.1. The van der Waals surface area contributed by atoms with E-state index in [-0.39, 0.29) is 28.4 Å². The highest BCUT2D eigenvalue weighted by molar-refractivity contribution is 7.80. The van der Waals surface area contributed by atoms with Gasteiger partial charge in [0.05, 0.1) is 6.26 Å². The van der Waals surface area contributed by atoms with Crippen molar-refractivity contribution in [3.8, 4) is 0 Å². The van der Waals surface area contributed by atoms with Gasteiger partial charge in [0.2, 0.25) is 0 Å². The van der Waals surface area contributed by atoms with Crippen molar-refractivity contribution < 1.29 is 18.8 Å². The van der Waals surface area contributed by atoms with Crippen LogP contribution in [-0.2, 0) is 9.59 Å². The second-order valence-electron chi connectivity index (χ2n) is 6.23. The van der Waals surface area contributed by atoms with Crippen LogP contribution < -0.4 is 0 Å². The second kappa shape index (κ2) is 7.91. The molecule has 2 saturated heterocycles. The molecule has 3 heterocycles. The average molecular weight is 390 g/mol. The first-order valence-corrected chi connectivity index (χ1v) is 9.35. The lowest BCUT2D eigenvalue weighted by Crippen LogP contribution is -2.56. The summed E-state index contributed by atoms with van der Waals surface area (Å²) in [6.45, 7) is 6.49. The van der Waals surface area contributed by atoms with Crippen LogP contribution in [0.25, 0.3) is 0 Å². The third kappa shape index (κ3) is 3.59. The van der Waals surface area contributed by atoms with Crippen LogP contribution in [0.15, 0.2) is 34.6 Å². The molecule has 0 N–H and O–H groups in total. The standard InChI is InChI=1S/C18H22N4O4S/c1-3-21-15(23)13(16(24)22(4-2)18(21)27)12-19-7-9-20(10-8-19)17(25)14-6-5-11-26-14/h5-6,11-12H,3-4,7-10H2,1-2H3. The minimum absolute atomic E-state index is 0.109. The fourth-order valence-electron chi connectivity index (χ4n) is 3.16. The zero-order valence-electron chi connectivity index (χ0n) is 15.4. The van der Waals surface area contributed by atoms with Crippen molar-refractivity contribution in [1.82, 2.24) is 19.6 Å². The molecule has 144 valence electrons. The Kier molecular flexibility index (Phi) is 5.59. The van der Waals surface area contributed by atoms with Crippen molar-refractivity contribution in [2.45, 2.75) is 13.8 Å². The molecule has 3 rings (SSSR count). The van der Waals surface area contributed by atoms with E-state index in [1.807, 2.05) is 18.7 Å². The molecule has 0 bridgehead atoms. The zero-order valence-corrected chi connectivity index (χ0v) is 16.2. The van der Waals surface area contributed by atoms with E-state index < -0.39 is 0 Å². The Balaban J connectivity index is 1.71. The second-order valence-corrected chi connectivity index (χ2v) is 6.59. The molecule has 0 spiro atoms. The summed E-state index contributed by atoms with van der Waals surface area (Å²) in [6.07, 6.45) is 3.07. The normalized spacial score (nSPS) is 18.4. The number of amides is 3. The van der Waals surface area contributed by atoms with Crippen molar-refractivity contribution in [3.63, 3.8) is 0 Å². The molecule has 9 heteroatoms. The van der Waals surface area contributed by atoms with Gasteiger partial charge in [0.1, 0.15) is 5.57 Å². The molecule has 0 atom stereocenters. The van der Waals surface area contributed by atoms with Crippen molar-refractivity contribution >= 4 is 35.1 Å². The van der Waals surface area contributed by atoms with Crippen LogP contribution in [0, 0.1) is 0 Å². The van der Waals surface area contributed by atoms with Gasteiger partial charge in [-0.2, -0.15) is 0 Å². The monoisotopic (exact) mass is 390 g/mol. The lowest BCUT2D eigenvalue weighted by molar-refractivity contribution is -0.133. The van der Waals surface area contributed by atoms with E-state index in [0.717, 1.165) is 0 Å². The number of hydrogen-bond acceptors (Lipinski definition) is 6. The van der Waals surface area contributed by atoms with Crippen LogP contribution in [0.1, 0.15) is 24.4 Å². The van der Waals surface area contributed by atoms with Crippen LogP contribution in [0.3, 0.4) is 0 Å². The lowest BCUT2D eigenvalue weighted by atomic mass is 10.1. The summed E-state index contributed by atoms with van der Waals surface area (Å²) >= 11 is 5.26. The molecule has 1 aromatic heterocycles. The van der Waals surface area contributed by atoms with Gasteiger partial charge in [0, 0.05) is 45.5 Å². The molecule has 8 nitrogen and oxygen atoms in total. The summed E-state index contributed by atoms with van der Waals surface area (Å²) in [5.41, 5.74) is 0.109. The maximum atomic E-state index is 12.7. The lowest BCUT2D eigenvalue weighted by Gasteiger charge is -2.37. The van der Waals surface area contributed by atoms with Crippen molar-refractivity contribution in [3.05, 3.63) is 35.9 Å². The number of nitrogens with zero attached hydrogens (tertiary/aromatic N) is 4. The fourth-order valence-corrected chi connectivity index (χ4v) is 3.59. The number of carbonyl (C=O) groups is 3. The minimum Gasteiger partial charge on any atom is -0.459 e. The number of thiocarbonyl (C=S) groups is 1. The molecule has 2 aliphatic heterocycles. The summed E-state index contributed by atoms with van der Waals surface area (Å²) in [7, 11) is 0. The Bertz CT molecular complexity index is 753. The smallest absolute Gasteiger partial charge is 0.289 e. The summed E-state index contributed by atoms with van der Waals surface area (Å²) in [5.74, 6) is -0.584. The highest BCUT2D eigenvalue weighted by Crippen LogP contribution is 2.19. The Morgan fingerprint density at radius 1 is 1.11 bits per heavy atom. The number of carbonyl (C=O) groups excluding carboxylic acids is 3. The van der Waals surface area contributed by atoms with Crippen molar-refractivity contribution in [2.24, 2.45) is 0 Å². The van der Waals surface area contributed by atoms with Gasteiger partial charge < -0.3 is 14.2 Å². The highest BCUT2D eigenvalue weighted by atomic mass is 32.1. The first kappa shape index (κ1) is 19.1. The molecule has 0 saturated carbocycles. The van der Waals surface area contributed by atoms with Crippen LogP contribution in [-0.4, -0.2) is 81.7 Å². The Labute approximate surface area is 163 Å². The molecule has 0 aliphatic carbocycles. The first-order chi connectivity index (χ1) is 13.0. The quantitative estimate of drug-likeness (QED) is 0.432. The predicted octanol–water partition coefficient (Wildman–Crippen LogP) is 0.917. The molecular formula is C18H22N4O4S. The summed E-state index contributed by atoms with van der Waals surface area (Å²) < 4.78 is 5.15. The van der Waals surface area contributed by atoms with Crippen molar-refractivity contribution in [2.75, 3.05) is 39.3 Å². The van der Waals surface area contributed by atoms with Gasteiger partial charge in [-0.1, -0.05) is 0 Å². The largest absolute Gasteiger partial charge is 0.459 e. The van der Waals surface area contributed by atoms with Gasteiger partial charge in [0.25, 0.3) is 17.7 Å². The van der Waals surface area contributed by atoms with E-state index in [2.05, 4.69) is 0 Å². The number of piperazine rings is 1. The first-order valence-electron chi connectivity index (χ1n) is 8.94. The molecule has 0 aromatic carbocycles. The Morgan fingerprint density at radius 2 is 1.70 bits per heavy atom. The van der Waals surface area contributed by atoms with Crippen LogP contribution >= 0.6 is 12.2 Å². The summed E-state index contributed by atoms with van der Waals surface area (Å²) in [5, 5.41) is 0.251. The average Bonchev–Trinajstić information content (AvgIpc) is 3.21. The van der Waals surface area contributed by atoms with E-state index in [1.54, 1.807) is 23.2 Å². The topological polar surface area (TPSA) is 77.3 Å². The molecule has 27 heavy (non-hydrogen) atoms. The van der Waals surface area contributed by atoms with Crippen molar-refractivity contribution in [1.29, 1.82) is 0 Å². The molecule has 1 aromatic rings. The third-order valence-electron chi connectivity index (χ3n) is 4.69. The number of rotatable bonds is 4. The summed E-state index contributed by atoms with van der Waals surface area (Å²) in [6, 6.07) is 3.31. The van der Waals surface area contributed by atoms with Gasteiger partial charge in [-0.25, -0.2) is 0 Å². The molecule has 0 unspecified atom stereocenters. The number of furan rings is 1. The van der Waals surface area contributed by atoms with E-state index >= 15 is 0 Å². The van der Waals surface area contributed by atoms with Gasteiger partial charge in [-0.05, 0) is 38.2 Å². The predicted molar refractivity (Wildman–Crippen MR) is 102 cm³/mol. The molecule has 2 fully saturated rings. The maximum Gasteiger partial charge on any atom is 0.289 e. The van der Waals surface area contributed by atoms with E-state index in [1.165, 1.54) is 16.1 Å². The van der Waals surface area contributed by atoms with Gasteiger partial charge in [-0.15, -0.1) is 0 Å². The van der Waals surface area contributed by atoms with E-state index in [9.17, 15) is 14.4 Å². The third-order valence-corrected chi connectivity index (χ3v) is 5.13. The SMILES string of the molecule is CCN1C(=O)C(=CN2CCN(C(=O)c3ccco3)CC2)C(=O)N(CC)C1=S. The van der Waals surface area contributed by atoms with Crippen LogP contribution in [0.5, 0.6) is 0 Å². The van der Waals surface area contributed by atoms with Gasteiger partial charge in [0.15, 0.2) is 10.9 Å². The molecule has 0 radical (unpaired) electrons. The molecule has 2 aliphatic rings. The highest BCUT2D eigenvalue weighted by Gasteiger charge is 2.38. The Hall–Kier alpha value is -2.68. The fraction of sp³-hybridized carbons (Fsp3) is 0.444. The molecule has 3 amide bonds. The van der Waals surface area contributed by atoms with E-state index in [0.29, 0.717) is 45.0 Å².